The molecule has 0 atom stereocenters. The molecule has 0 aromatic heterocycles. The molecule has 3 heteroatoms. The molecule has 3 aliphatic carbocycles. The maximum atomic E-state index is 15.5. The highest BCUT2D eigenvalue weighted by Gasteiger charge is 2.37. The van der Waals surface area contributed by atoms with Crippen LogP contribution in [0.4, 0.5) is 13.2 Å². The first kappa shape index (κ1) is 21.8. The average molecular weight is 439 g/mol. The van der Waals surface area contributed by atoms with Crippen LogP contribution in [0.2, 0.25) is 0 Å². The summed E-state index contributed by atoms with van der Waals surface area (Å²) in [6.45, 7) is 6.03. The van der Waals surface area contributed by atoms with Crippen molar-refractivity contribution >= 4 is 0 Å². The molecule has 3 aliphatic rings. The van der Waals surface area contributed by atoms with Crippen molar-refractivity contribution in [1.29, 1.82) is 0 Å². The van der Waals surface area contributed by atoms with E-state index in [1.165, 1.54) is 0 Å². The van der Waals surface area contributed by atoms with Gasteiger partial charge in [0.25, 0.3) is 0 Å². The lowest BCUT2D eigenvalue weighted by Crippen LogP contribution is -2.18. The third-order valence-corrected chi connectivity index (χ3v) is 8.47. The minimum atomic E-state index is -0.855. The maximum absolute atomic E-state index is 15.5. The number of hydrogen-bond acceptors (Lipinski definition) is 0. The van der Waals surface area contributed by atoms with Gasteiger partial charge in [-0.1, -0.05) is 38.0 Å². The molecule has 170 valence electrons. The van der Waals surface area contributed by atoms with Crippen LogP contribution < -0.4 is 0 Å². The van der Waals surface area contributed by atoms with Crippen molar-refractivity contribution in [3.8, 4) is 22.3 Å². The zero-order valence-electron chi connectivity index (χ0n) is 19.0. The third kappa shape index (κ3) is 3.62. The van der Waals surface area contributed by atoms with E-state index in [9.17, 15) is 0 Å². The molecule has 0 nitrogen and oxygen atoms in total. The molecule has 5 rings (SSSR count). The molecule has 0 saturated heterocycles. The summed E-state index contributed by atoms with van der Waals surface area (Å²) in [6.07, 6.45) is 12.1. The van der Waals surface area contributed by atoms with Crippen LogP contribution in [0.25, 0.3) is 22.3 Å². The van der Waals surface area contributed by atoms with Gasteiger partial charge in [-0.05, 0) is 103 Å². The van der Waals surface area contributed by atoms with Gasteiger partial charge in [0, 0.05) is 11.1 Å². The van der Waals surface area contributed by atoms with Crippen LogP contribution >= 0.6 is 0 Å². The first-order valence-corrected chi connectivity index (χ1v) is 12.5. The standard InChI is InChI=1S/C29H33F3/c1-3-4-5-18-8-12-20(13-9-18)23-16-24-22-15-14-21(19-10-6-17(2)7-11-19)27(30)25(22)26(24)29(32)28(23)31/h3,14-20H,1,4-13H2,2H3. The van der Waals surface area contributed by atoms with Gasteiger partial charge in [0.2, 0.25) is 0 Å². The molecule has 0 heterocycles. The Kier molecular flexibility index (Phi) is 5.94. The summed E-state index contributed by atoms with van der Waals surface area (Å²) in [5.74, 6) is -0.379. The van der Waals surface area contributed by atoms with E-state index in [1.54, 1.807) is 0 Å². The smallest absolute Gasteiger partial charge is 0.167 e. The van der Waals surface area contributed by atoms with Gasteiger partial charge in [-0.2, -0.15) is 0 Å². The molecule has 0 spiro atoms. The summed E-state index contributed by atoms with van der Waals surface area (Å²) < 4.78 is 45.9. The van der Waals surface area contributed by atoms with E-state index >= 15 is 13.2 Å². The SMILES string of the molecule is C=CCCC1CCC(c2cc3c(c(F)c2F)-c2c-3ccc(C3CCC(C)CC3)c2F)CC1. The molecule has 2 aromatic carbocycles. The predicted octanol–water partition coefficient (Wildman–Crippen LogP) is 9.28. The number of rotatable bonds is 5. The normalized spacial score (nSPS) is 26.8. The minimum absolute atomic E-state index is 0.0483. The average Bonchev–Trinajstić information content (AvgIpc) is 2.79. The highest BCUT2D eigenvalue weighted by molar-refractivity contribution is 6.03. The Hall–Kier alpha value is -2.03. The summed E-state index contributed by atoms with van der Waals surface area (Å²) in [5.41, 5.74) is 3.05. The molecular formula is C29H33F3. The molecule has 2 aromatic rings. The van der Waals surface area contributed by atoms with Gasteiger partial charge < -0.3 is 0 Å². The highest BCUT2D eigenvalue weighted by Crippen LogP contribution is 2.54. The van der Waals surface area contributed by atoms with E-state index < -0.39 is 11.6 Å². The first-order chi connectivity index (χ1) is 15.5. The largest absolute Gasteiger partial charge is 0.206 e. The number of halogens is 3. The van der Waals surface area contributed by atoms with E-state index in [4.69, 9.17) is 0 Å². The molecule has 2 saturated carbocycles. The van der Waals surface area contributed by atoms with E-state index in [0.29, 0.717) is 34.1 Å². The Morgan fingerprint density at radius 3 is 2.09 bits per heavy atom. The fourth-order valence-electron chi connectivity index (χ4n) is 6.40. The summed E-state index contributed by atoms with van der Waals surface area (Å²) in [4.78, 5) is 0. The van der Waals surface area contributed by atoms with Crippen LogP contribution in [-0.2, 0) is 0 Å². The van der Waals surface area contributed by atoms with Crippen LogP contribution in [0.5, 0.6) is 0 Å². The van der Waals surface area contributed by atoms with Gasteiger partial charge in [0.15, 0.2) is 11.6 Å². The number of fused-ring (bicyclic) bond motifs is 4. The van der Waals surface area contributed by atoms with E-state index in [0.717, 1.165) is 69.8 Å². The van der Waals surface area contributed by atoms with Crippen molar-refractivity contribution in [3.05, 3.63) is 59.4 Å². The second-order valence-corrected chi connectivity index (χ2v) is 10.4. The Morgan fingerprint density at radius 2 is 1.41 bits per heavy atom. The van der Waals surface area contributed by atoms with Gasteiger partial charge in [0.05, 0.1) is 0 Å². The summed E-state index contributed by atoms with van der Waals surface area (Å²) in [7, 11) is 0. The molecular weight excluding hydrogens is 405 g/mol. The quantitative estimate of drug-likeness (QED) is 0.348. The van der Waals surface area contributed by atoms with Crippen LogP contribution in [0.3, 0.4) is 0 Å². The lowest BCUT2D eigenvalue weighted by atomic mass is 9.72. The fourth-order valence-corrected chi connectivity index (χ4v) is 6.40. The van der Waals surface area contributed by atoms with Crippen LogP contribution in [0, 0.1) is 29.3 Å². The third-order valence-electron chi connectivity index (χ3n) is 8.47. The van der Waals surface area contributed by atoms with Crippen molar-refractivity contribution in [2.45, 2.75) is 83.0 Å². The maximum Gasteiger partial charge on any atom is 0.167 e. The number of allylic oxidation sites excluding steroid dienone is 1. The fraction of sp³-hybridized carbons (Fsp3) is 0.517. The Balaban J connectivity index is 1.41. The summed E-state index contributed by atoms with van der Waals surface area (Å²) >= 11 is 0. The second kappa shape index (κ2) is 8.72. The van der Waals surface area contributed by atoms with Crippen LogP contribution in [0.15, 0.2) is 30.9 Å². The minimum Gasteiger partial charge on any atom is -0.206 e. The van der Waals surface area contributed by atoms with Crippen molar-refractivity contribution < 1.29 is 13.2 Å². The molecule has 32 heavy (non-hydrogen) atoms. The molecule has 0 aliphatic heterocycles. The van der Waals surface area contributed by atoms with E-state index in [-0.39, 0.29) is 23.2 Å². The predicted molar refractivity (Wildman–Crippen MR) is 125 cm³/mol. The topological polar surface area (TPSA) is 0 Å². The first-order valence-electron chi connectivity index (χ1n) is 12.5. The summed E-state index contributed by atoms with van der Waals surface area (Å²) in [6, 6.07) is 5.64. The van der Waals surface area contributed by atoms with Gasteiger partial charge in [-0.15, -0.1) is 6.58 Å². The molecule has 0 unspecified atom stereocenters. The van der Waals surface area contributed by atoms with E-state index in [1.807, 2.05) is 24.3 Å². The Labute approximate surface area is 189 Å². The van der Waals surface area contributed by atoms with Crippen LogP contribution in [0.1, 0.15) is 94.1 Å². The number of hydrogen-bond donors (Lipinski definition) is 0. The molecule has 0 amide bonds. The zero-order chi connectivity index (χ0) is 22.4. The van der Waals surface area contributed by atoms with Crippen molar-refractivity contribution in [1.82, 2.24) is 0 Å². The highest BCUT2D eigenvalue weighted by atomic mass is 19.2. The summed E-state index contributed by atoms with van der Waals surface area (Å²) in [5, 5.41) is 0. The van der Waals surface area contributed by atoms with Crippen molar-refractivity contribution in [2.75, 3.05) is 0 Å². The van der Waals surface area contributed by atoms with Gasteiger partial charge >= 0.3 is 0 Å². The molecule has 2 fully saturated rings. The zero-order valence-corrected chi connectivity index (χ0v) is 19.0. The van der Waals surface area contributed by atoms with Crippen molar-refractivity contribution in [2.24, 2.45) is 11.8 Å². The van der Waals surface area contributed by atoms with Gasteiger partial charge in [0.1, 0.15) is 5.82 Å². The Bertz CT molecular complexity index is 1020. The van der Waals surface area contributed by atoms with E-state index in [2.05, 4.69) is 13.5 Å². The Morgan fingerprint density at radius 1 is 0.781 bits per heavy atom. The lowest BCUT2D eigenvalue weighted by molar-refractivity contribution is 0.306. The second-order valence-electron chi connectivity index (χ2n) is 10.4. The van der Waals surface area contributed by atoms with Crippen molar-refractivity contribution in [3.63, 3.8) is 0 Å². The lowest BCUT2D eigenvalue weighted by Gasteiger charge is -2.33. The number of benzene rings is 2. The molecule has 0 bridgehead atoms. The molecule has 0 radical (unpaired) electrons. The monoisotopic (exact) mass is 438 g/mol. The van der Waals surface area contributed by atoms with Crippen LogP contribution in [-0.4, -0.2) is 0 Å². The molecule has 0 N–H and O–H groups in total. The van der Waals surface area contributed by atoms with Gasteiger partial charge in [-0.3, -0.25) is 0 Å². The van der Waals surface area contributed by atoms with Gasteiger partial charge in [-0.25, -0.2) is 13.2 Å².